The Balaban J connectivity index is 1.82. The molecule has 3 heterocycles. The highest BCUT2D eigenvalue weighted by molar-refractivity contribution is 7.99. The first kappa shape index (κ1) is 24.2. The number of aromatic nitrogens is 2. The SMILES string of the molecule is CCSc1ncc2c3c(c(-c4c(F)ccc5sc(N(C(=O)O)C(C)(C)C)cc45)c(Cl)c2n1)COC3. The quantitative estimate of drug-likeness (QED) is 0.214. The van der Waals surface area contributed by atoms with Crippen molar-refractivity contribution in [2.75, 3.05) is 10.7 Å². The van der Waals surface area contributed by atoms with Gasteiger partial charge in [0.05, 0.1) is 23.8 Å². The standard InChI is InChI=1S/C25H23ClFN3O3S2/c1-5-34-23-28-9-13-14-10-33-11-15(14)20(21(26)22(13)29-23)19-12-8-18(30(24(31)32)25(2,3)4)35-17(12)7-6-16(19)27/h6-9H,5,10-11H2,1-4H3,(H,31,32). The Morgan fingerprint density at radius 3 is 2.69 bits per heavy atom. The Hall–Kier alpha value is -2.46. The minimum absolute atomic E-state index is 0.294. The molecule has 2 aromatic carbocycles. The maximum absolute atomic E-state index is 15.6. The van der Waals surface area contributed by atoms with Crippen LogP contribution in [0.5, 0.6) is 0 Å². The van der Waals surface area contributed by atoms with Gasteiger partial charge in [0.25, 0.3) is 0 Å². The molecular formula is C25H23ClFN3O3S2. The van der Waals surface area contributed by atoms with Crippen molar-refractivity contribution >= 4 is 66.8 Å². The second-order valence-electron chi connectivity index (χ2n) is 9.19. The number of carboxylic acid groups (broad SMARTS) is 1. The Labute approximate surface area is 215 Å². The fraction of sp³-hybridized carbons (Fsp3) is 0.320. The normalized spacial score (nSPS) is 13.5. The fourth-order valence-electron chi connectivity index (χ4n) is 4.50. The van der Waals surface area contributed by atoms with Gasteiger partial charge in [-0.2, -0.15) is 0 Å². The van der Waals surface area contributed by atoms with E-state index in [-0.39, 0.29) is 0 Å². The third kappa shape index (κ3) is 4.04. The number of nitrogens with zero attached hydrogens (tertiary/aromatic N) is 3. The minimum atomic E-state index is -1.07. The van der Waals surface area contributed by atoms with E-state index in [1.807, 2.05) is 27.7 Å². The van der Waals surface area contributed by atoms with Gasteiger partial charge in [-0.3, -0.25) is 4.90 Å². The molecule has 0 saturated carbocycles. The first-order valence-electron chi connectivity index (χ1n) is 11.1. The molecule has 0 fully saturated rings. The molecule has 1 amide bonds. The zero-order valence-corrected chi connectivity index (χ0v) is 22.0. The summed E-state index contributed by atoms with van der Waals surface area (Å²) in [6.45, 7) is 8.14. The van der Waals surface area contributed by atoms with Crippen molar-refractivity contribution in [2.24, 2.45) is 0 Å². The number of benzene rings is 2. The number of amides is 1. The van der Waals surface area contributed by atoms with Crippen LogP contribution in [-0.4, -0.2) is 32.5 Å². The molecule has 2 aromatic heterocycles. The predicted molar refractivity (Wildman–Crippen MR) is 140 cm³/mol. The van der Waals surface area contributed by atoms with Gasteiger partial charge in [0.15, 0.2) is 5.16 Å². The molecule has 1 N–H and O–H groups in total. The third-order valence-electron chi connectivity index (χ3n) is 5.92. The van der Waals surface area contributed by atoms with Gasteiger partial charge < -0.3 is 9.84 Å². The second-order valence-corrected chi connectivity index (χ2v) is 11.9. The summed E-state index contributed by atoms with van der Waals surface area (Å²) in [5, 5.41) is 12.8. The van der Waals surface area contributed by atoms with E-state index in [0.29, 0.717) is 50.4 Å². The molecule has 35 heavy (non-hydrogen) atoms. The van der Waals surface area contributed by atoms with Crippen LogP contribution >= 0.6 is 34.7 Å². The van der Waals surface area contributed by atoms with E-state index in [2.05, 4.69) is 9.97 Å². The van der Waals surface area contributed by atoms with Crippen LogP contribution in [0.25, 0.3) is 32.1 Å². The molecule has 6 nitrogen and oxygen atoms in total. The molecule has 1 aliphatic rings. The van der Waals surface area contributed by atoms with E-state index in [1.54, 1.807) is 18.3 Å². The van der Waals surface area contributed by atoms with Gasteiger partial charge in [-0.15, -0.1) is 11.3 Å². The summed E-state index contributed by atoms with van der Waals surface area (Å²) in [6.07, 6.45) is 0.693. The second kappa shape index (κ2) is 8.89. The molecule has 182 valence electrons. The van der Waals surface area contributed by atoms with Crippen LogP contribution in [0.15, 0.2) is 29.6 Å². The Kier molecular flexibility index (Phi) is 6.15. The number of fused-ring (bicyclic) bond motifs is 4. The highest BCUT2D eigenvalue weighted by Gasteiger charge is 2.32. The zero-order chi connectivity index (χ0) is 25.1. The summed E-state index contributed by atoms with van der Waals surface area (Å²) in [5.41, 5.74) is 2.48. The molecule has 0 aliphatic carbocycles. The van der Waals surface area contributed by atoms with Gasteiger partial charge in [0.1, 0.15) is 10.8 Å². The summed E-state index contributed by atoms with van der Waals surface area (Å²) in [6, 6.07) is 4.81. The van der Waals surface area contributed by atoms with Crippen molar-refractivity contribution in [3.8, 4) is 11.1 Å². The molecular weight excluding hydrogens is 509 g/mol. The van der Waals surface area contributed by atoms with Gasteiger partial charge in [0, 0.05) is 38.3 Å². The first-order valence-corrected chi connectivity index (χ1v) is 13.3. The lowest BCUT2D eigenvalue weighted by Gasteiger charge is -2.31. The van der Waals surface area contributed by atoms with E-state index < -0.39 is 17.4 Å². The van der Waals surface area contributed by atoms with Crippen LogP contribution in [0.3, 0.4) is 0 Å². The summed E-state index contributed by atoms with van der Waals surface area (Å²) >= 11 is 9.78. The summed E-state index contributed by atoms with van der Waals surface area (Å²) < 4.78 is 22.1. The predicted octanol–water partition coefficient (Wildman–Crippen LogP) is 7.73. The van der Waals surface area contributed by atoms with E-state index in [0.717, 1.165) is 27.0 Å². The molecule has 0 unspecified atom stereocenters. The minimum Gasteiger partial charge on any atom is -0.465 e. The maximum Gasteiger partial charge on any atom is 0.412 e. The molecule has 4 aromatic rings. The summed E-state index contributed by atoms with van der Waals surface area (Å²) in [5.74, 6) is 0.371. The van der Waals surface area contributed by atoms with Crippen LogP contribution in [0.4, 0.5) is 14.2 Å². The lowest BCUT2D eigenvalue weighted by molar-refractivity contribution is 0.135. The maximum atomic E-state index is 15.6. The van der Waals surface area contributed by atoms with Crippen molar-refractivity contribution in [3.63, 3.8) is 0 Å². The highest BCUT2D eigenvalue weighted by atomic mass is 35.5. The van der Waals surface area contributed by atoms with Gasteiger partial charge in [0.2, 0.25) is 0 Å². The largest absolute Gasteiger partial charge is 0.465 e. The number of thioether (sulfide) groups is 1. The fourth-order valence-corrected chi connectivity index (χ4v) is 6.65. The van der Waals surface area contributed by atoms with Crippen molar-refractivity contribution in [3.05, 3.63) is 46.4 Å². The summed E-state index contributed by atoms with van der Waals surface area (Å²) in [4.78, 5) is 22.5. The van der Waals surface area contributed by atoms with Crippen LogP contribution < -0.4 is 4.90 Å². The summed E-state index contributed by atoms with van der Waals surface area (Å²) in [7, 11) is 0. The Bertz CT molecular complexity index is 1500. The van der Waals surface area contributed by atoms with Gasteiger partial charge in [-0.25, -0.2) is 19.2 Å². The topological polar surface area (TPSA) is 75.6 Å². The average Bonchev–Trinajstić information content (AvgIpc) is 3.41. The van der Waals surface area contributed by atoms with Crippen LogP contribution in [0.2, 0.25) is 5.02 Å². The molecule has 0 bridgehead atoms. The lowest BCUT2D eigenvalue weighted by atomic mass is 9.92. The molecule has 0 saturated heterocycles. The Morgan fingerprint density at radius 1 is 1.26 bits per heavy atom. The Morgan fingerprint density at radius 2 is 2.00 bits per heavy atom. The van der Waals surface area contributed by atoms with Crippen LogP contribution in [-0.2, 0) is 18.0 Å². The molecule has 1 aliphatic heterocycles. The smallest absolute Gasteiger partial charge is 0.412 e. The molecule has 0 spiro atoms. The lowest BCUT2D eigenvalue weighted by Crippen LogP contribution is -2.44. The molecule has 10 heteroatoms. The van der Waals surface area contributed by atoms with E-state index in [4.69, 9.17) is 16.3 Å². The molecule has 5 rings (SSSR count). The number of carbonyl (C=O) groups is 1. The number of halogens is 2. The number of anilines is 1. The first-order chi connectivity index (χ1) is 16.6. The number of hydrogen-bond acceptors (Lipinski definition) is 6. The third-order valence-corrected chi connectivity index (χ3v) is 8.12. The van der Waals surface area contributed by atoms with Crippen molar-refractivity contribution < 1.29 is 19.0 Å². The van der Waals surface area contributed by atoms with Crippen LogP contribution in [0.1, 0.15) is 38.8 Å². The van der Waals surface area contributed by atoms with Gasteiger partial charge in [-0.05, 0) is 55.9 Å². The van der Waals surface area contributed by atoms with Gasteiger partial charge >= 0.3 is 6.09 Å². The highest BCUT2D eigenvalue weighted by Crippen LogP contribution is 2.48. The average molecular weight is 532 g/mol. The van der Waals surface area contributed by atoms with Crippen LogP contribution in [0, 0.1) is 5.82 Å². The van der Waals surface area contributed by atoms with E-state index in [9.17, 15) is 9.90 Å². The number of rotatable bonds is 4. The number of ether oxygens (including phenoxy) is 1. The van der Waals surface area contributed by atoms with Gasteiger partial charge in [-0.1, -0.05) is 30.3 Å². The molecule has 0 atom stereocenters. The number of hydrogen-bond donors (Lipinski definition) is 1. The molecule has 0 radical (unpaired) electrons. The van der Waals surface area contributed by atoms with Crippen molar-refractivity contribution in [1.29, 1.82) is 0 Å². The number of thiophene rings is 1. The van der Waals surface area contributed by atoms with Crippen molar-refractivity contribution in [2.45, 2.75) is 51.6 Å². The van der Waals surface area contributed by atoms with E-state index >= 15 is 4.39 Å². The van der Waals surface area contributed by atoms with E-state index in [1.165, 1.54) is 34.1 Å². The monoisotopic (exact) mass is 531 g/mol. The zero-order valence-electron chi connectivity index (χ0n) is 19.6. The van der Waals surface area contributed by atoms with Crippen molar-refractivity contribution in [1.82, 2.24) is 9.97 Å².